The molecule has 0 aliphatic heterocycles. The molecular formula is C23H17ClN6O3S. The minimum absolute atomic E-state index is 0.0345. The monoisotopic (exact) mass is 492 g/mol. The van der Waals surface area contributed by atoms with Gasteiger partial charge in [0.25, 0.3) is 11.6 Å². The molecule has 170 valence electrons. The van der Waals surface area contributed by atoms with Gasteiger partial charge in [0.05, 0.1) is 16.9 Å². The number of aromatic nitrogens is 3. The van der Waals surface area contributed by atoms with E-state index in [1.807, 2.05) is 47.0 Å². The highest BCUT2D eigenvalue weighted by Gasteiger charge is 2.17. The minimum Gasteiger partial charge on any atom is -0.272 e. The van der Waals surface area contributed by atoms with Crippen molar-refractivity contribution in [3.8, 4) is 17.1 Å². The molecule has 0 radical (unpaired) electrons. The van der Waals surface area contributed by atoms with Crippen LogP contribution in [0.2, 0.25) is 5.02 Å². The molecule has 1 aromatic heterocycles. The smallest absolute Gasteiger partial charge is 0.270 e. The summed E-state index contributed by atoms with van der Waals surface area (Å²) in [5, 5.41) is 24.5. The highest BCUT2D eigenvalue weighted by molar-refractivity contribution is 7.99. The van der Waals surface area contributed by atoms with E-state index in [1.54, 1.807) is 24.3 Å². The maximum absolute atomic E-state index is 12.3. The fourth-order valence-corrected chi connectivity index (χ4v) is 3.89. The van der Waals surface area contributed by atoms with Crippen LogP contribution in [0.5, 0.6) is 0 Å². The van der Waals surface area contributed by atoms with E-state index in [1.165, 1.54) is 30.1 Å². The van der Waals surface area contributed by atoms with Crippen molar-refractivity contribution in [2.45, 2.75) is 5.16 Å². The van der Waals surface area contributed by atoms with Crippen LogP contribution in [0.4, 0.5) is 5.69 Å². The molecule has 3 aromatic carbocycles. The van der Waals surface area contributed by atoms with Crippen molar-refractivity contribution in [2.24, 2.45) is 5.10 Å². The number of hydrazone groups is 1. The SMILES string of the molecule is O=C(CSc1nnc(-c2ccccc2)n1-c1ccc(Cl)cc1)NN=Cc1cccc([N+](=O)[O-])c1. The molecule has 0 saturated heterocycles. The molecule has 1 amide bonds. The molecule has 1 N–H and O–H groups in total. The summed E-state index contributed by atoms with van der Waals surface area (Å²) in [7, 11) is 0. The number of hydrogen-bond donors (Lipinski definition) is 1. The van der Waals surface area contributed by atoms with Crippen LogP contribution in [0, 0.1) is 10.1 Å². The van der Waals surface area contributed by atoms with Crippen molar-refractivity contribution in [2.75, 3.05) is 5.75 Å². The van der Waals surface area contributed by atoms with Crippen LogP contribution in [0.25, 0.3) is 17.1 Å². The molecule has 0 bridgehead atoms. The predicted octanol–water partition coefficient (Wildman–Crippen LogP) is 4.74. The Morgan fingerprint density at radius 2 is 1.85 bits per heavy atom. The summed E-state index contributed by atoms with van der Waals surface area (Å²) in [6.07, 6.45) is 1.35. The standard InChI is InChI=1S/C23H17ClN6O3S/c24-18-9-11-19(12-10-18)29-22(17-6-2-1-3-7-17)27-28-23(29)34-15-21(31)26-25-14-16-5-4-8-20(13-16)30(32)33/h1-14H,15H2,(H,26,31). The van der Waals surface area contributed by atoms with Gasteiger partial charge < -0.3 is 0 Å². The first-order chi connectivity index (χ1) is 16.5. The normalized spacial score (nSPS) is 11.0. The predicted molar refractivity (Wildman–Crippen MR) is 131 cm³/mol. The van der Waals surface area contributed by atoms with E-state index in [0.717, 1.165) is 11.3 Å². The summed E-state index contributed by atoms with van der Waals surface area (Å²) in [5.74, 6) is 0.306. The van der Waals surface area contributed by atoms with Gasteiger partial charge in [0.15, 0.2) is 11.0 Å². The lowest BCUT2D eigenvalue weighted by Crippen LogP contribution is -2.20. The number of benzene rings is 3. The lowest BCUT2D eigenvalue weighted by Gasteiger charge is -2.10. The Hall–Kier alpha value is -4.02. The van der Waals surface area contributed by atoms with Crippen LogP contribution < -0.4 is 5.43 Å². The molecule has 0 saturated carbocycles. The fraction of sp³-hybridized carbons (Fsp3) is 0.0435. The Labute approximate surface area is 203 Å². The number of nitro groups is 1. The number of halogens is 1. The number of carbonyl (C=O) groups is 1. The summed E-state index contributed by atoms with van der Waals surface area (Å²) in [6, 6.07) is 22.8. The van der Waals surface area contributed by atoms with Crippen molar-refractivity contribution in [3.05, 3.63) is 99.6 Å². The molecule has 11 heteroatoms. The number of thioether (sulfide) groups is 1. The number of non-ortho nitro benzene ring substituents is 1. The molecule has 34 heavy (non-hydrogen) atoms. The van der Waals surface area contributed by atoms with E-state index in [9.17, 15) is 14.9 Å². The maximum Gasteiger partial charge on any atom is 0.270 e. The number of carbonyl (C=O) groups excluding carboxylic acids is 1. The second kappa shape index (κ2) is 10.7. The van der Waals surface area contributed by atoms with Crippen molar-refractivity contribution in [1.82, 2.24) is 20.2 Å². The van der Waals surface area contributed by atoms with E-state index in [4.69, 9.17) is 11.6 Å². The summed E-state index contributed by atoms with van der Waals surface area (Å²) in [5.41, 5.74) is 4.55. The third-order valence-corrected chi connectivity index (χ3v) is 5.75. The Kier molecular flexibility index (Phi) is 7.31. The van der Waals surface area contributed by atoms with Crippen molar-refractivity contribution in [3.63, 3.8) is 0 Å². The number of amides is 1. The Balaban J connectivity index is 1.48. The molecule has 9 nitrogen and oxygen atoms in total. The summed E-state index contributed by atoms with van der Waals surface area (Å²) in [4.78, 5) is 22.7. The van der Waals surface area contributed by atoms with E-state index < -0.39 is 4.92 Å². The lowest BCUT2D eigenvalue weighted by molar-refractivity contribution is -0.384. The number of hydrogen-bond acceptors (Lipinski definition) is 7. The molecule has 4 rings (SSSR count). The zero-order valence-corrected chi connectivity index (χ0v) is 19.1. The van der Waals surface area contributed by atoms with Gasteiger partial charge in [0.1, 0.15) is 0 Å². The highest BCUT2D eigenvalue weighted by atomic mass is 35.5. The molecule has 0 atom stereocenters. The largest absolute Gasteiger partial charge is 0.272 e. The zero-order valence-electron chi connectivity index (χ0n) is 17.5. The Morgan fingerprint density at radius 1 is 1.09 bits per heavy atom. The third-order valence-electron chi connectivity index (χ3n) is 4.57. The van der Waals surface area contributed by atoms with Crippen LogP contribution in [-0.4, -0.2) is 37.6 Å². The summed E-state index contributed by atoms with van der Waals surface area (Å²) >= 11 is 7.25. The van der Waals surface area contributed by atoms with Crippen LogP contribution >= 0.6 is 23.4 Å². The molecule has 0 aliphatic carbocycles. The van der Waals surface area contributed by atoms with Crippen molar-refractivity contribution >= 4 is 41.2 Å². The quantitative estimate of drug-likeness (QED) is 0.164. The molecule has 1 heterocycles. The second-order valence-electron chi connectivity index (χ2n) is 6.92. The van der Waals surface area contributed by atoms with Gasteiger partial charge in [-0.25, -0.2) is 5.43 Å². The first kappa shape index (κ1) is 23.1. The molecule has 0 aliphatic rings. The number of nitrogens with zero attached hydrogens (tertiary/aromatic N) is 5. The minimum atomic E-state index is -0.493. The highest BCUT2D eigenvalue weighted by Crippen LogP contribution is 2.28. The van der Waals surface area contributed by atoms with Crippen LogP contribution in [0.3, 0.4) is 0 Å². The van der Waals surface area contributed by atoms with Gasteiger partial charge in [-0.15, -0.1) is 10.2 Å². The first-order valence-corrected chi connectivity index (χ1v) is 11.3. The van der Waals surface area contributed by atoms with Gasteiger partial charge in [-0.1, -0.05) is 65.8 Å². The molecule has 0 spiro atoms. The van der Waals surface area contributed by atoms with E-state index in [0.29, 0.717) is 21.6 Å². The van der Waals surface area contributed by atoms with Crippen molar-refractivity contribution in [1.29, 1.82) is 0 Å². The molecular weight excluding hydrogens is 476 g/mol. The van der Waals surface area contributed by atoms with E-state index in [2.05, 4.69) is 20.7 Å². The average molecular weight is 493 g/mol. The third kappa shape index (κ3) is 5.66. The molecule has 4 aromatic rings. The van der Waals surface area contributed by atoms with Gasteiger partial charge in [-0.2, -0.15) is 5.10 Å². The van der Waals surface area contributed by atoms with Crippen molar-refractivity contribution < 1.29 is 9.72 Å². The van der Waals surface area contributed by atoms with Gasteiger partial charge in [0.2, 0.25) is 0 Å². The fourth-order valence-electron chi connectivity index (χ4n) is 3.02. The van der Waals surface area contributed by atoms with Gasteiger partial charge >= 0.3 is 0 Å². The molecule has 0 fully saturated rings. The topological polar surface area (TPSA) is 115 Å². The lowest BCUT2D eigenvalue weighted by atomic mass is 10.2. The second-order valence-corrected chi connectivity index (χ2v) is 8.30. The van der Waals surface area contributed by atoms with Gasteiger partial charge in [-0.05, 0) is 24.3 Å². The van der Waals surface area contributed by atoms with Crippen LogP contribution in [0.15, 0.2) is 89.1 Å². The Bertz CT molecular complexity index is 1340. The van der Waals surface area contributed by atoms with Crippen LogP contribution in [0.1, 0.15) is 5.56 Å². The summed E-state index contributed by atoms with van der Waals surface area (Å²) < 4.78 is 1.86. The van der Waals surface area contributed by atoms with Gasteiger partial charge in [-0.3, -0.25) is 19.5 Å². The number of rotatable bonds is 8. The first-order valence-electron chi connectivity index (χ1n) is 9.97. The zero-order chi connectivity index (χ0) is 23.9. The number of nitro benzene ring substituents is 1. The number of nitrogens with one attached hydrogen (secondary N) is 1. The summed E-state index contributed by atoms with van der Waals surface area (Å²) in [6.45, 7) is 0. The van der Waals surface area contributed by atoms with E-state index >= 15 is 0 Å². The van der Waals surface area contributed by atoms with E-state index in [-0.39, 0.29) is 17.3 Å². The molecule has 0 unspecified atom stereocenters. The van der Waals surface area contributed by atoms with Crippen LogP contribution in [-0.2, 0) is 4.79 Å². The Morgan fingerprint density at radius 3 is 2.59 bits per heavy atom. The van der Waals surface area contributed by atoms with Gasteiger partial charge in [0, 0.05) is 34.0 Å². The maximum atomic E-state index is 12.3. The average Bonchev–Trinajstić information content (AvgIpc) is 3.28.